The number of carbonyl (C=O) groups excluding carboxylic acids is 1. The summed E-state index contributed by atoms with van der Waals surface area (Å²) in [6, 6.07) is -1.06. The molecule has 84 valence electrons. The quantitative estimate of drug-likeness (QED) is 0.794. The SMILES string of the molecule is Cc1nn(C(C)C(N)C(N)=O)c(C)c1Cl. The summed E-state index contributed by atoms with van der Waals surface area (Å²) in [4.78, 5) is 10.9. The molecule has 0 spiro atoms. The third-order valence-electron chi connectivity index (χ3n) is 2.47. The van der Waals surface area contributed by atoms with Crippen LogP contribution in [-0.4, -0.2) is 21.7 Å². The minimum absolute atomic E-state index is 0.298. The van der Waals surface area contributed by atoms with E-state index < -0.39 is 11.9 Å². The molecule has 0 aromatic carbocycles. The molecule has 1 rings (SSSR count). The maximum atomic E-state index is 10.9. The van der Waals surface area contributed by atoms with Crippen LogP contribution in [0.2, 0.25) is 5.02 Å². The summed E-state index contributed by atoms with van der Waals surface area (Å²) in [5.74, 6) is -0.550. The molecular weight excluding hydrogens is 216 g/mol. The molecule has 4 N–H and O–H groups in total. The number of aromatic nitrogens is 2. The Labute approximate surface area is 93.4 Å². The van der Waals surface area contributed by atoms with E-state index in [0.717, 1.165) is 11.4 Å². The van der Waals surface area contributed by atoms with E-state index in [-0.39, 0.29) is 6.04 Å². The molecule has 0 radical (unpaired) electrons. The van der Waals surface area contributed by atoms with Crippen LogP contribution in [0.3, 0.4) is 0 Å². The van der Waals surface area contributed by atoms with Gasteiger partial charge in [-0.05, 0) is 20.8 Å². The van der Waals surface area contributed by atoms with E-state index in [1.807, 2.05) is 6.92 Å². The third-order valence-corrected chi connectivity index (χ3v) is 3.02. The lowest BCUT2D eigenvalue weighted by Crippen LogP contribution is -2.43. The highest BCUT2D eigenvalue weighted by Crippen LogP contribution is 2.22. The Morgan fingerprint density at radius 3 is 2.40 bits per heavy atom. The van der Waals surface area contributed by atoms with Crippen molar-refractivity contribution in [1.29, 1.82) is 0 Å². The first-order valence-electron chi connectivity index (χ1n) is 4.62. The minimum Gasteiger partial charge on any atom is -0.368 e. The number of hydrogen-bond acceptors (Lipinski definition) is 3. The third kappa shape index (κ3) is 2.13. The van der Waals surface area contributed by atoms with Gasteiger partial charge >= 0.3 is 0 Å². The van der Waals surface area contributed by atoms with Crippen molar-refractivity contribution in [2.45, 2.75) is 32.9 Å². The van der Waals surface area contributed by atoms with Crippen molar-refractivity contribution < 1.29 is 4.79 Å². The van der Waals surface area contributed by atoms with Crippen molar-refractivity contribution in [2.24, 2.45) is 11.5 Å². The average molecular weight is 231 g/mol. The van der Waals surface area contributed by atoms with E-state index in [9.17, 15) is 4.79 Å². The molecule has 0 bridgehead atoms. The van der Waals surface area contributed by atoms with E-state index in [2.05, 4.69) is 5.10 Å². The molecule has 2 unspecified atom stereocenters. The normalized spacial score (nSPS) is 15.0. The van der Waals surface area contributed by atoms with Gasteiger partial charge in [0.05, 0.1) is 22.5 Å². The van der Waals surface area contributed by atoms with Crippen LogP contribution in [0.15, 0.2) is 0 Å². The molecule has 6 heteroatoms. The van der Waals surface area contributed by atoms with E-state index >= 15 is 0 Å². The highest BCUT2D eigenvalue weighted by molar-refractivity contribution is 6.31. The monoisotopic (exact) mass is 230 g/mol. The Bertz CT molecular complexity index is 388. The first-order valence-corrected chi connectivity index (χ1v) is 5.00. The predicted molar refractivity (Wildman–Crippen MR) is 58.6 cm³/mol. The molecule has 0 saturated carbocycles. The number of rotatable bonds is 3. The van der Waals surface area contributed by atoms with Crippen LogP contribution >= 0.6 is 11.6 Å². The lowest BCUT2D eigenvalue weighted by Gasteiger charge is -2.18. The van der Waals surface area contributed by atoms with Crippen molar-refractivity contribution in [2.75, 3.05) is 0 Å². The number of nitrogens with two attached hydrogens (primary N) is 2. The van der Waals surface area contributed by atoms with Crippen LogP contribution < -0.4 is 11.5 Å². The molecule has 0 aliphatic rings. The second-order valence-electron chi connectivity index (χ2n) is 3.60. The lowest BCUT2D eigenvalue weighted by atomic mass is 10.1. The van der Waals surface area contributed by atoms with Gasteiger partial charge in [-0.25, -0.2) is 0 Å². The van der Waals surface area contributed by atoms with Gasteiger partial charge in [0, 0.05) is 0 Å². The van der Waals surface area contributed by atoms with Crippen molar-refractivity contribution in [3.63, 3.8) is 0 Å². The van der Waals surface area contributed by atoms with Crippen LogP contribution in [0.25, 0.3) is 0 Å². The molecule has 0 fully saturated rings. The maximum absolute atomic E-state index is 10.9. The largest absolute Gasteiger partial charge is 0.368 e. The highest BCUT2D eigenvalue weighted by Gasteiger charge is 2.23. The zero-order valence-corrected chi connectivity index (χ0v) is 9.75. The van der Waals surface area contributed by atoms with Gasteiger partial charge in [-0.3, -0.25) is 9.48 Å². The zero-order valence-electron chi connectivity index (χ0n) is 8.99. The van der Waals surface area contributed by atoms with Crippen molar-refractivity contribution in [3.05, 3.63) is 16.4 Å². The smallest absolute Gasteiger partial charge is 0.236 e. The summed E-state index contributed by atoms with van der Waals surface area (Å²) in [7, 11) is 0. The predicted octanol–water partition coefficient (Wildman–Crippen LogP) is 0.527. The fraction of sp³-hybridized carbons (Fsp3) is 0.556. The van der Waals surface area contributed by atoms with E-state index in [0.29, 0.717) is 5.02 Å². The Morgan fingerprint density at radius 1 is 1.53 bits per heavy atom. The maximum Gasteiger partial charge on any atom is 0.236 e. The Morgan fingerprint density at radius 2 is 2.07 bits per heavy atom. The summed E-state index contributed by atoms with van der Waals surface area (Å²) < 4.78 is 1.63. The van der Waals surface area contributed by atoms with Crippen LogP contribution in [0.4, 0.5) is 0 Å². The van der Waals surface area contributed by atoms with Crippen molar-refractivity contribution in [1.82, 2.24) is 9.78 Å². The Kier molecular flexibility index (Phi) is 3.36. The fourth-order valence-corrected chi connectivity index (χ4v) is 1.55. The van der Waals surface area contributed by atoms with Gasteiger partial charge in [-0.2, -0.15) is 5.10 Å². The van der Waals surface area contributed by atoms with Crippen LogP contribution in [0.5, 0.6) is 0 Å². The number of nitrogens with zero attached hydrogens (tertiary/aromatic N) is 2. The lowest BCUT2D eigenvalue weighted by molar-refractivity contribution is -0.120. The molecule has 1 amide bonds. The molecule has 2 atom stereocenters. The Hall–Kier alpha value is -1.07. The molecule has 0 aliphatic carbocycles. The molecular formula is C9H15ClN4O. The minimum atomic E-state index is -0.765. The van der Waals surface area contributed by atoms with E-state index in [4.69, 9.17) is 23.1 Å². The molecule has 0 saturated heterocycles. The van der Waals surface area contributed by atoms with Crippen LogP contribution in [0, 0.1) is 13.8 Å². The topological polar surface area (TPSA) is 86.9 Å². The fourth-order valence-electron chi connectivity index (χ4n) is 1.43. The summed E-state index contributed by atoms with van der Waals surface area (Å²) in [5.41, 5.74) is 12.3. The number of primary amides is 1. The standard InChI is InChI=1S/C9H15ClN4O/c1-4-7(10)5(2)14(13-4)6(3)8(11)9(12)15/h6,8H,11H2,1-3H3,(H2,12,15). The molecule has 1 heterocycles. The first kappa shape index (κ1) is 12.0. The number of amides is 1. The van der Waals surface area contributed by atoms with Gasteiger partial charge in [0.2, 0.25) is 5.91 Å². The van der Waals surface area contributed by atoms with Crippen LogP contribution in [0.1, 0.15) is 24.4 Å². The van der Waals surface area contributed by atoms with E-state index in [1.165, 1.54) is 0 Å². The highest BCUT2D eigenvalue weighted by atomic mass is 35.5. The average Bonchev–Trinajstić information content (AvgIpc) is 2.43. The Balaban J connectivity index is 3.06. The van der Waals surface area contributed by atoms with Gasteiger partial charge in [-0.1, -0.05) is 11.6 Å². The number of aryl methyl sites for hydroxylation is 1. The number of halogens is 1. The second kappa shape index (κ2) is 4.20. The zero-order chi connectivity index (χ0) is 11.7. The van der Waals surface area contributed by atoms with Crippen molar-refractivity contribution >= 4 is 17.5 Å². The molecule has 1 aromatic heterocycles. The van der Waals surface area contributed by atoms with Gasteiger partial charge in [0.15, 0.2) is 0 Å². The molecule has 15 heavy (non-hydrogen) atoms. The van der Waals surface area contributed by atoms with Gasteiger partial charge < -0.3 is 11.5 Å². The summed E-state index contributed by atoms with van der Waals surface area (Å²) in [5, 5.41) is 4.81. The summed E-state index contributed by atoms with van der Waals surface area (Å²) in [6.07, 6.45) is 0. The van der Waals surface area contributed by atoms with Gasteiger partial charge in [0.1, 0.15) is 6.04 Å². The molecule has 1 aromatic rings. The number of carbonyl (C=O) groups is 1. The number of hydrogen-bond donors (Lipinski definition) is 2. The van der Waals surface area contributed by atoms with Gasteiger partial charge in [0.25, 0.3) is 0 Å². The summed E-state index contributed by atoms with van der Waals surface area (Å²) >= 11 is 5.99. The van der Waals surface area contributed by atoms with E-state index in [1.54, 1.807) is 18.5 Å². The van der Waals surface area contributed by atoms with Crippen LogP contribution in [-0.2, 0) is 4.79 Å². The van der Waals surface area contributed by atoms with Crippen molar-refractivity contribution in [3.8, 4) is 0 Å². The molecule has 5 nitrogen and oxygen atoms in total. The molecule has 0 aliphatic heterocycles. The van der Waals surface area contributed by atoms with Gasteiger partial charge in [-0.15, -0.1) is 0 Å². The summed E-state index contributed by atoms with van der Waals surface area (Å²) in [6.45, 7) is 5.41. The second-order valence-corrected chi connectivity index (χ2v) is 3.98. The first-order chi connectivity index (χ1) is 6.86.